The molecule has 0 fully saturated rings. The van der Waals surface area contributed by atoms with E-state index in [1.54, 1.807) is 25.1 Å². The van der Waals surface area contributed by atoms with Gasteiger partial charge in [-0.05, 0) is 25.1 Å². The first kappa shape index (κ1) is 23.4. The number of nitrogens with one attached hydrogen (secondary N) is 1. The van der Waals surface area contributed by atoms with Gasteiger partial charge in [0.1, 0.15) is 5.02 Å². The molecule has 6 nitrogen and oxygen atoms in total. The van der Waals surface area contributed by atoms with Crippen LogP contribution in [0, 0.1) is 12.8 Å². The molecule has 1 unspecified atom stereocenters. The molecule has 0 radical (unpaired) electrons. The van der Waals surface area contributed by atoms with Crippen LogP contribution >= 0.6 is 34.8 Å². The van der Waals surface area contributed by atoms with Gasteiger partial charge in [-0.3, -0.25) is 14.2 Å². The number of anilines is 1. The van der Waals surface area contributed by atoms with E-state index in [4.69, 9.17) is 34.8 Å². The van der Waals surface area contributed by atoms with E-state index in [2.05, 4.69) is 15.5 Å². The second-order valence-corrected chi connectivity index (χ2v) is 8.19. The van der Waals surface area contributed by atoms with Gasteiger partial charge < -0.3 is 5.32 Å². The number of aryl methyl sites for hydroxylation is 1. The number of hydrogen-bond acceptors (Lipinski definition) is 3. The second-order valence-electron chi connectivity index (χ2n) is 6.96. The van der Waals surface area contributed by atoms with E-state index >= 15 is 0 Å². The van der Waals surface area contributed by atoms with E-state index in [1.807, 2.05) is 0 Å². The fourth-order valence-corrected chi connectivity index (χ4v) is 3.54. The number of halogens is 6. The van der Waals surface area contributed by atoms with Gasteiger partial charge in [0.15, 0.2) is 11.5 Å². The minimum Gasteiger partial charge on any atom is -0.308 e. The number of benzene rings is 1. The Bertz CT molecular complexity index is 1090. The van der Waals surface area contributed by atoms with Crippen molar-refractivity contribution < 1.29 is 18.0 Å². The van der Waals surface area contributed by atoms with Crippen LogP contribution in [0.3, 0.4) is 0 Å². The van der Waals surface area contributed by atoms with E-state index in [0.29, 0.717) is 21.3 Å². The summed E-state index contributed by atoms with van der Waals surface area (Å²) in [7, 11) is 0. The Kier molecular flexibility index (Phi) is 6.88. The molecule has 31 heavy (non-hydrogen) atoms. The number of carbonyl (C=O) groups is 1. The molecule has 12 heteroatoms. The molecule has 0 bridgehead atoms. The zero-order valence-corrected chi connectivity index (χ0v) is 18.6. The zero-order valence-electron chi connectivity index (χ0n) is 16.3. The summed E-state index contributed by atoms with van der Waals surface area (Å²) in [6.45, 7) is 3.25. The number of aromatic nitrogens is 4. The summed E-state index contributed by atoms with van der Waals surface area (Å²) in [5, 5.41) is 11.5. The average Bonchev–Trinajstić information content (AvgIpc) is 3.21. The highest BCUT2D eigenvalue weighted by molar-refractivity contribution is 6.36. The number of rotatable bonds is 6. The van der Waals surface area contributed by atoms with Crippen molar-refractivity contribution in [3.63, 3.8) is 0 Å². The maximum absolute atomic E-state index is 12.8. The van der Waals surface area contributed by atoms with Crippen molar-refractivity contribution in [3.8, 4) is 0 Å². The minimum atomic E-state index is -4.55. The smallest absolute Gasteiger partial charge is 0.308 e. The van der Waals surface area contributed by atoms with Crippen LogP contribution in [0.5, 0.6) is 0 Å². The lowest BCUT2D eigenvalue weighted by atomic mass is 10.1. The van der Waals surface area contributed by atoms with E-state index in [-0.39, 0.29) is 23.9 Å². The molecule has 1 amide bonds. The minimum absolute atomic E-state index is 0.0404. The average molecular weight is 495 g/mol. The lowest BCUT2D eigenvalue weighted by Crippen LogP contribution is -2.26. The lowest BCUT2D eigenvalue weighted by Gasteiger charge is -2.12. The van der Waals surface area contributed by atoms with Gasteiger partial charge in [-0.15, -0.1) is 0 Å². The van der Waals surface area contributed by atoms with Crippen molar-refractivity contribution in [2.75, 3.05) is 5.32 Å². The first-order valence-corrected chi connectivity index (χ1v) is 10.2. The number of alkyl halides is 3. The maximum atomic E-state index is 12.8. The summed E-state index contributed by atoms with van der Waals surface area (Å²) in [5.41, 5.74) is -0.0607. The number of amides is 1. The highest BCUT2D eigenvalue weighted by atomic mass is 35.5. The van der Waals surface area contributed by atoms with E-state index in [0.717, 1.165) is 10.7 Å². The largest absolute Gasteiger partial charge is 0.435 e. The monoisotopic (exact) mass is 493 g/mol. The van der Waals surface area contributed by atoms with Gasteiger partial charge in [-0.25, -0.2) is 0 Å². The van der Waals surface area contributed by atoms with Crippen LogP contribution in [0.1, 0.15) is 23.9 Å². The van der Waals surface area contributed by atoms with Crippen molar-refractivity contribution in [1.29, 1.82) is 0 Å². The molecule has 0 aliphatic carbocycles. The molecule has 166 valence electrons. The predicted octanol–water partition coefficient (Wildman–Crippen LogP) is 5.69. The third-order valence-electron chi connectivity index (χ3n) is 4.51. The Hall–Kier alpha value is -2.23. The normalized spacial score (nSPS) is 12.8. The van der Waals surface area contributed by atoms with Crippen LogP contribution in [-0.2, 0) is 24.1 Å². The number of nitrogens with zero attached hydrogens (tertiary/aromatic N) is 4. The predicted molar refractivity (Wildman–Crippen MR) is 113 cm³/mol. The van der Waals surface area contributed by atoms with Crippen molar-refractivity contribution >= 4 is 46.5 Å². The molecule has 0 aliphatic rings. The fraction of sp³-hybridized carbons (Fsp3) is 0.316. The molecule has 3 aromatic rings. The standard InChI is InChI=1S/C19H17Cl3F3N5O/c1-10(7-30-11(2)6-16(27-30)19(23,24)25)18(31)26-17-15(22)9-29(28-17)8-12-13(20)4-3-5-14(12)21/h3-6,9-10H,7-8H2,1-2H3,(H,26,28,31). The van der Waals surface area contributed by atoms with Gasteiger partial charge in [-0.1, -0.05) is 47.8 Å². The molecule has 2 heterocycles. The molecule has 0 saturated carbocycles. The molecule has 0 aliphatic heterocycles. The first-order valence-electron chi connectivity index (χ1n) is 9.04. The zero-order chi connectivity index (χ0) is 22.9. The summed E-state index contributed by atoms with van der Waals surface area (Å²) in [5.74, 6) is -1.04. The maximum Gasteiger partial charge on any atom is 0.435 e. The summed E-state index contributed by atoms with van der Waals surface area (Å²) >= 11 is 18.5. The van der Waals surface area contributed by atoms with Gasteiger partial charge in [0.05, 0.1) is 19.0 Å². The topological polar surface area (TPSA) is 64.7 Å². The van der Waals surface area contributed by atoms with E-state index in [9.17, 15) is 18.0 Å². The van der Waals surface area contributed by atoms with Crippen LogP contribution in [0.25, 0.3) is 0 Å². The van der Waals surface area contributed by atoms with Crippen LogP contribution in [0.15, 0.2) is 30.5 Å². The summed E-state index contributed by atoms with van der Waals surface area (Å²) in [6, 6.07) is 6.04. The van der Waals surface area contributed by atoms with Crippen molar-refractivity contribution in [3.05, 3.63) is 62.5 Å². The highest BCUT2D eigenvalue weighted by Crippen LogP contribution is 2.29. The van der Waals surface area contributed by atoms with Crippen LogP contribution < -0.4 is 5.32 Å². The Morgan fingerprint density at radius 1 is 1.16 bits per heavy atom. The number of hydrogen-bond donors (Lipinski definition) is 1. The van der Waals surface area contributed by atoms with Gasteiger partial charge in [0, 0.05) is 27.5 Å². The Morgan fingerprint density at radius 3 is 2.39 bits per heavy atom. The van der Waals surface area contributed by atoms with Gasteiger partial charge in [-0.2, -0.15) is 23.4 Å². The lowest BCUT2D eigenvalue weighted by molar-refractivity contribution is -0.141. The SMILES string of the molecule is Cc1cc(C(F)(F)F)nn1CC(C)C(=O)Nc1nn(Cc2c(Cl)cccc2Cl)cc1Cl. The van der Waals surface area contributed by atoms with Crippen molar-refractivity contribution in [1.82, 2.24) is 19.6 Å². The van der Waals surface area contributed by atoms with Crippen molar-refractivity contribution in [2.24, 2.45) is 5.92 Å². The summed E-state index contributed by atoms with van der Waals surface area (Å²) < 4.78 is 41.1. The highest BCUT2D eigenvalue weighted by Gasteiger charge is 2.34. The second kappa shape index (κ2) is 9.10. The fourth-order valence-electron chi connectivity index (χ4n) is 2.82. The molecule has 2 aromatic heterocycles. The third kappa shape index (κ3) is 5.53. The summed E-state index contributed by atoms with van der Waals surface area (Å²) in [4.78, 5) is 12.5. The van der Waals surface area contributed by atoms with Crippen LogP contribution in [0.2, 0.25) is 15.1 Å². The van der Waals surface area contributed by atoms with Crippen molar-refractivity contribution in [2.45, 2.75) is 33.1 Å². The molecule has 0 saturated heterocycles. The molecule has 1 atom stereocenters. The molecule has 0 spiro atoms. The quantitative estimate of drug-likeness (QED) is 0.479. The molecule has 3 rings (SSSR count). The molecular formula is C19H17Cl3F3N5O. The first-order chi connectivity index (χ1) is 14.5. The number of carbonyl (C=O) groups excluding carboxylic acids is 1. The third-order valence-corrected chi connectivity index (χ3v) is 5.49. The Labute approximate surface area is 190 Å². The van der Waals surface area contributed by atoms with E-state index < -0.39 is 23.7 Å². The summed E-state index contributed by atoms with van der Waals surface area (Å²) in [6.07, 6.45) is -3.04. The van der Waals surface area contributed by atoms with Gasteiger partial charge in [0.2, 0.25) is 5.91 Å². The Balaban J connectivity index is 1.69. The van der Waals surface area contributed by atoms with Gasteiger partial charge >= 0.3 is 6.18 Å². The van der Waals surface area contributed by atoms with Crippen LogP contribution in [0.4, 0.5) is 19.0 Å². The molecule has 1 N–H and O–H groups in total. The molecule has 1 aromatic carbocycles. The van der Waals surface area contributed by atoms with Crippen LogP contribution in [-0.4, -0.2) is 25.5 Å². The van der Waals surface area contributed by atoms with E-state index in [1.165, 1.54) is 17.8 Å². The Morgan fingerprint density at radius 2 is 1.81 bits per heavy atom. The molecular weight excluding hydrogens is 478 g/mol. The van der Waals surface area contributed by atoms with Gasteiger partial charge in [0.25, 0.3) is 0 Å².